The molecule has 2 aliphatic rings. The Morgan fingerprint density at radius 3 is 2.02 bits per heavy atom. The van der Waals surface area contributed by atoms with E-state index in [1.165, 1.54) is 75.4 Å². The van der Waals surface area contributed by atoms with Crippen LogP contribution >= 0.6 is 22.7 Å². The summed E-state index contributed by atoms with van der Waals surface area (Å²) in [6.07, 6.45) is 15.5. The van der Waals surface area contributed by atoms with Crippen molar-refractivity contribution in [3.63, 3.8) is 0 Å². The van der Waals surface area contributed by atoms with Crippen LogP contribution in [0.15, 0.2) is 106 Å². The maximum absolute atomic E-state index is 5.52. The lowest BCUT2D eigenvalue weighted by Crippen LogP contribution is -1.99. The van der Waals surface area contributed by atoms with Crippen LogP contribution in [0.2, 0.25) is 0 Å². The molecule has 10 rings (SSSR count). The molecule has 7 aromatic heterocycles. The molecule has 0 bridgehead atoms. The molecule has 0 saturated carbocycles. The average molecular weight is 840 g/mol. The summed E-state index contributed by atoms with van der Waals surface area (Å²) in [7, 11) is 0. The number of benzene rings is 1. The monoisotopic (exact) mass is 839 g/mol. The molecule has 0 aliphatic heterocycles. The van der Waals surface area contributed by atoms with E-state index in [1.54, 1.807) is 22.4 Å². The van der Waals surface area contributed by atoms with E-state index in [1.807, 2.05) is 66.2 Å². The van der Waals surface area contributed by atoms with E-state index < -0.39 is 0 Å². The van der Waals surface area contributed by atoms with E-state index in [2.05, 4.69) is 124 Å². The highest BCUT2D eigenvalue weighted by Crippen LogP contribution is 2.31. The lowest BCUT2D eigenvalue weighted by atomic mass is 10.0. The minimum atomic E-state index is 0.430. The van der Waals surface area contributed by atoms with E-state index in [0.29, 0.717) is 29.6 Å². The predicted molar refractivity (Wildman–Crippen MR) is 254 cm³/mol. The predicted octanol–water partition coefficient (Wildman–Crippen LogP) is 15.1. The molecule has 7 heterocycles. The van der Waals surface area contributed by atoms with Crippen LogP contribution in [0.5, 0.6) is 0 Å². The molecule has 0 atom stereocenters. The van der Waals surface area contributed by atoms with Gasteiger partial charge in [-0.2, -0.15) is 0 Å². The number of rotatable bonds is 5. The molecule has 0 amide bonds. The molecular formula is C51H61N5O2S2. The first-order valence-corrected chi connectivity index (χ1v) is 23.1. The smallest absolute Gasteiger partial charge is 0.226 e. The Kier molecular flexibility index (Phi) is 15.6. The molecule has 0 unspecified atom stereocenters. The van der Waals surface area contributed by atoms with Crippen LogP contribution in [0.4, 0.5) is 0 Å². The maximum Gasteiger partial charge on any atom is 0.226 e. The number of fused-ring (bicyclic) bond motifs is 5. The number of aromatic nitrogens is 5. The van der Waals surface area contributed by atoms with Crippen molar-refractivity contribution >= 4 is 61.2 Å². The molecule has 0 N–H and O–H groups in total. The molecule has 0 radical (unpaired) electrons. The van der Waals surface area contributed by atoms with Gasteiger partial charge in [-0.05, 0) is 103 Å². The molecular weight excluding hydrogens is 779 g/mol. The highest BCUT2D eigenvalue weighted by atomic mass is 32.1. The summed E-state index contributed by atoms with van der Waals surface area (Å²) >= 11 is 3.73. The molecule has 2 aliphatic carbocycles. The zero-order valence-electron chi connectivity index (χ0n) is 37.0. The average Bonchev–Trinajstić information content (AvgIpc) is 4.09. The third-order valence-electron chi connectivity index (χ3n) is 10.5. The summed E-state index contributed by atoms with van der Waals surface area (Å²) in [5.74, 6) is 3.85. The first kappa shape index (κ1) is 44.6. The fourth-order valence-corrected chi connectivity index (χ4v) is 8.91. The van der Waals surface area contributed by atoms with Crippen molar-refractivity contribution in [3.05, 3.63) is 140 Å². The van der Waals surface area contributed by atoms with Crippen LogP contribution in [-0.2, 0) is 19.3 Å². The number of furan rings is 1. The lowest BCUT2D eigenvalue weighted by Gasteiger charge is -2.06. The number of hydrogen-bond donors (Lipinski definition) is 0. The molecule has 0 fully saturated rings. The van der Waals surface area contributed by atoms with Gasteiger partial charge in [0.2, 0.25) is 5.71 Å². The summed E-state index contributed by atoms with van der Waals surface area (Å²) in [5.41, 5.74) is 9.28. The van der Waals surface area contributed by atoms with Crippen LogP contribution in [-0.4, -0.2) is 24.9 Å². The van der Waals surface area contributed by atoms with Crippen LogP contribution in [0, 0.1) is 5.92 Å². The second-order valence-electron chi connectivity index (χ2n) is 17.0. The van der Waals surface area contributed by atoms with Crippen LogP contribution < -0.4 is 0 Å². The van der Waals surface area contributed by atoms with Gasteiger partial charge in [-0.1, -0.05) is 99.1 Å². The molecule has 7 nitrogen and oxygen atoms in total. The topological polar surface area (TPSA) is 90.7 Å². The van der Waals surface area contributed by atoms with Gasteiger partial charge in [0.15, 0.2) is 12.0 Å². The van der Waals surface area contributed by atoms with Gasteiger partial charge in [-0.3, -0.25) is 4.98 Å². The Morgan fingerprint density at radius 2 is 1.35 bits per heavy atom. The molecule has 0 spiro atoms. The minimum Gasteiger partial charge on any atom is -0.443 e. The van der Waals surface area contributed by atoms with Crippen molar-refractivity contribution in [2.75, 3.05) is 0 Å². The summed E-state index contributed by atoms with van der Waals surface area (Å²) in [5, 5.41) is 3.69. The first-order chi connectivity index (χ1) is 28.9. The van der Waals surface area contributed by atoms with Crippen LogP contribution in [0.3, 0.4) is 0 Å². The number of nitrogens with zero attached hydrogens (tertiary/aromatic N) is 5. The fourth-order valence-electron chi connectivity index (χ4n) is 6.75. The summed E-state index contributed by atoms with van der Waals surface area (Å²) < 4.78 is 10.7. The zero-order chi connectivity index (χ0) is 42.8. The number of thiophene rings is 1. The van der Waals surface area contributed by atoms with Gasteiger partial charge in [0.25, 0.3) is 0 Å². The second kappa shape index (κ2) is 21.0. The highest BCUT2D eigenvalue weighted by Gasteiger charge is 2.17. The molecule has 8 aromatic rings. The Balaban J connectivity index is 0.000000126. The van der Waals surface area contributed by atoms with E-state index in [4.69, 9.17) is 8.83 Å². The van der Waals surface area contributed by atoms with Crippen molar-refractivity contribution < 1.29 is 8.83 Å². The number of hydrogen-bond acceptors (Lipinski definition) is 9. The number of pyridine rings is 3. The second-order valence-corrected chi connectivity index (χ2v) is 19.2. The number of aryl methyl sites for hydroxylation is 2. The Labute approximate surface area is 364 Å². The van der Waals surface area contributed by atoms with Gasteiger partial charge in [-0.15, -0.1) is 22.7 Å². The standard InChI is InChI=1S/C11H13N.2C10H11NO.C10H11NS.C10H15NS/c1-8(2)10-6-9-4-3-5-12-11(9)7-10;1-7(2)8-3-4-9-10(5-8)12-6-11-9;2*1-7(2)9-6-8-4-3-5-11-10(8)12-9;1-7(2)10-11-8-5-3-4-6-9(8)12-10/h3-6,8H,7H2,1-2H3;3*3-7H,1-2H3;7H,3-6H2,1-2H3. The normalized spacial score (nSPS) is 13.0. The molecule has 0 saturated heterocycles. The van der Waals surface area contributed by atoms with E-state index in [0.717, 1.165) is 39.2 Å². The largest absolute Gasteiger partial charge is 0.443 e. The van der Waals surface area contributed by atoms with Crippen LogP contribution in [0.1, 0.15) is 149 Å². The third kappa shape index (κ3) is 11.8. The van der Waals surface area contributed by atoms with Gasteiger partial charge >= 0.3 is 0 Å². The first-order valence-electron chi connectivity index (χ1n) is 21.5. The van der Waals surface area contributed by atoms with E-state index in [-0.39, 0.29) is 0 Å². The van der Waals surface area contributed by atoms with Gasteiger partial charge in [0.1, 0.15) is 16.1 Å². The van der Waals surface area contributed by atoms with Crippen molar-refractivity contribution in [2.24, 2.45) is 5.92 Å². The molecule has 314 valence electrons. The number of allylic oxidation sites excluding steroid dienone is 1. The molecule has 9 heteroatoms. The van der Waals surface area contributed by atoms with E-state index >= 15 is 0 Å². The number of oxazole rings is 1. The molecule has 1 aromatic carbocycles. The van der Waals surface area contributed by atoms with Crippen molar-refractivity contribution in [1.82, 2.24) is 24.9 Å². The Hall–Kier alpha value is -4.99. The summed E-state index contributed by atoms with van der Waals surface area (Å²) in [6.45, 7) is 21.9. The quantitative estimate of drug-likeness (QED) is 0.170. The zero-order valence-corrected chi connectivity index (χ0v) is 38.7. The van der Waals surface area contributed by atoms with Crippen LogP contribution in [0.25, 0.3) is 38.5 Å². The Bertz CT molecular complexity index is 2430. The van der Waals surface area contributed by atoms with Gasteiger partial charge in [-0.25, -0.2) is 19.9 Å². The van der Waals surface area contributed by atoms with Gasteiger partial charge in [0, 0.05) is 57.4 Å². The molecule has 60 heavy (non-hydrogen) atoms. The van der Waals surface area contributed by atoms with Crippen molar-refractivity contribution in [2.45, 2.75) is 125 Å². The lowest BCUT2D eigenvalue weighted by molar-refractivity contribution is 0.514. The SMILES string of the molecule is CC(C)C1=Cc2cccnc2C1.CC(C)c1cc2cccnc2o1.CC(C)c1cc2cccnc2s1.CC(C)c1ccc2ncoc2c1.CC(C)c1nc2c(s1)CCCC2. The minimum absolute atomic E-state index is 0.430. The summed E-state index contributed by atoms with van der Waals surface area (Å²) in [6, 6.07) is 22.6. The third-order valence-corrected chi connectivity index (χ3v) is 13.3. The maximum atomic E-state index is 5.52. The summed E-state index contributed by atoms with van der Waals surface area (Å²) in [4.78, 5) is 25.6. The highest BCUT2D eigenvalue weighted by molar-refractivity contribution is 7.18. The van der Waals surface area contributed by atoms with Gasteiger partial charge in [0.05, 0.1) is 16.4 Å². The fraction of sp³-hybridized carbons (Fsp3) is 0.392. The Morgan fingerprint density at radius 1 is 0.617 bits per heavy atom. The van der Waals surface area contributed by atoms with Gasteiger partial charge < -0.3 is 8.83 Å². The van der Waals surface area contributed by atoms with E-state index in [9.17, 15) is 0 Å². The van der Waals surface area contributed by atoms with Crippen molar-refractivity contribution in [3.8, 4) is 0 Å². The van der Waals surface area contributed by atoms with Crippen molar-refractivity contribution in [1.29, 1.82) is 0 Å². The number of thiazole rings is 1.